The summed E-state index contributed by atoms with van der Waals surface area (Å²) in [5, 5.41) is 12.3. The molecule has 2 N–H and O–H groups in total. The van der Waals surface area contributed by atoms with Crippen LogP contribution in [0.1, 0.15) is 22.3 Å². The number of carbonyl (C=O) groups is 3. The van der Waals surface area contributed by atoms with Gasteiger partial charge in [-0.05, 0) is 35.9 Å². The molecule has 2 amide bonds. The van der Waals surface area contributed by atoms with Gasteiger partial charge in [-0.2, -0.15) is 0 Å². The zero-order valence-corrected chi connectivity index (χ0v) is 17.3. The lowest BCUT2D eigenvalue weighted by molar-refractivity contribution is -0.122. The van der Waals surface area contributed by atoms with Crippen molar-refractivity contribution in [2.75, 3.05) is 11.9 Å². The van der Waals surface area contributed by atoms with Crippen molar-refractivity contribution in [2.45, 2.75) is 6.42 Å². The summed E-state index contributed by atoms with van der Waals surface area (Å²) in [6, 6.07) is 13.2. The number of thiocarbonyl (C=S) groups is 1. The highest BCUT2D eigenvalue weighted by molar-refractivity contribution is 8.26. The number of hydrogen-bond donors (Lipinski definition) is 2. The van der Waals surface area contributed by atoms with Crippen molar-refractivity contribution >= 4 is 69.4 Å². The fraction of sp³-hybridized carbons (Fsp3) is 0.100. The Bertz CT molecular complexity index is 1020. The van der Waals surface area contributed by atoms with E-state index in [9.17, 15) is 19.5 Å². The zero-order valence-electron chi connectivity index (χ0n) is 14.9. The molecule has 1 saturated heterocycles. The fourth-order valence-corrected chi connectivity index (χ4v) is 4.04. The molecule has 1 aliphatic heterocycles. The maximum atomic E-state index is 12.6. The Labute approximate surface area is 181 Å². The van der Waals surface area contributed by atoms with E-state index in [1.807, 2.05) is 0 Å². The molecule has 3 rings (SSSR count). The third kappa shape index (κ3) is 5.23. The van der Waals surface area contributed by atoms with Crippen LogP contribution in [0.4, 0.5) is 5.69 Å². The van der Waals surface area contributed by atoms with Crippen molar-refractivity contribution in [1.29, 1.82) is 0 Å². The number of nitrogens with zero attached hydrogens (tertiary/aromatic N) is 1. The molecule has 9 heteroatoms. The predicted octanol–water partition coefficient (Wildman–Crippen LogP) is 4.27. The topological polar surface area (TPSA) is 86.7 Å². The Morgan fingerprint density at radius 2 is 1.86 bits per heavy atom. The lowest BCUT2D eigenvalue weighted by atomic mass is 10.1. The molecule has 0 aromatic heterocycles. The minimum Gasteiger partial charge on any atom is -0.478 e. The van der Waals surface area contributed by atoms with Crippen molar-refractivity contribution < 1.29 is 19.5 Å². The number of benzene rings is 2. The summed E-state index contributed by atoms with van der Waals surface area (Å²) in [7, 11) is 0. The van der Waals surface area contributed by atoms with Gasteiger partial charge in [-0.25, -0.2) is 4.79 Å². The Morgan fingerprint density at radius 1 is 1.17 bits per heavy atom. The first-order valence-electron chi connectivity index (χ1n) is 8.48. The van der Waals surface area contributed by atoms with Gasteiger partial charge in [0.15, 0.2) is 0 Å². The van der Waals surface area contributed by atoms with Crippen LogP contribution in [0.5, 0.6) is 0 Å². The maximum absolute atomic E-state index is 12.6. The number of thioether (sulfide) groups is 1. The van der Waals surface area contributed by atoms with Crippen LogP contribution < -0.4 is 5.32 Å². The van der Waals surface area contributed by atoms with Crippen LogP contribution in [0, 0.1) is 0 Å². The fourth-order valence-electron chi connectivity index (χ4n) is 2.61. The summed E-state index contributed by atoms with van der Waals surface area (Å²) in [5.74, 6) is -1.81. The van der Waals surface area contributed by atoms with Crippen molar-refractivity contribution in [1.82, 2.24) is 4.90 Å². The standard InChI is InChI=1S/C20H15ClN2O4S2/c21-13-7-5-12(6-8-13)11-16-18(25)23(20(28)29-16)10-9-17(24)22-15-4-2-1-3-14(15)19(26)27/h1-8,11H,9-10H2,(H,22,24)(H,26,27). The summed E-state index contributed by atoms with van der Waals surface area (Å²) in [4.78, 5) is 37.9. The van der Waals surface area contributed by atoms with Gasteiger partial charge in [0, 0.05) is 18.0 Å². The Hall–Kier alpha value is -2.68. The van der Waals surface area contributed by atoms with Crippen LogP contribution in [0.2, 0.25) is 5.02 Å². The molecular weight excluding hydrogens is 432 g/mol. The van der Waals surface area contributed by atoms with Crippen molar-refractivity contribution in [3.8, 4) is 0 Å². The number of halogens is 1. The van der Waals surface area contributed by atoms with E-state index in [4.69, 9.17) is 23.8 Å². The summed E-state index contributed by atoms with van der Waals surface area (Å²) in [5.41, 5.74) is 1.02. The second-order valence-electron chi connectivity index (χ2n) is 6.03. The van der Waals surface area contributed by atoms with E-state index in [2.05, 4.69) is 5.32 Å². The number of hydrogen-bond acceptors (Lipinski definition) is 5. The third-order valence-electron chi connectivity index (χ3n) is 4.04. The van der Waals surface area contributed by atoms with Gasteiger partial charge in [0.25, 0.3) is 5.91 Å². The first-order valence-corrected chi connectivity index (χ1v) is 10.1. The molecule has 0 radical (unpaired) electrons. The first kappa shape index (κ1) is 21.0. The molecule has 2 aromatic carbocycles. The molecule has 0 atom stereocenters. The third-order valence-corrected chi connectivity index (χ3v) is 5.67. The number of anilines is 1. The number of aromatic carboxylic acids is 1. The van der Waals surface area contributed by atoms with E-state index in [1.165, 1.54) is 28.8 Å². The molecule has 1 fully saturated rings. The number of carboxylic acid groups (broad SMARTS) is 1. The quantitative estimate of drug-likeness (QED) is 0.509. The number of carboxylic acids is 1. The van der Waals surface area contributed by atoms with Crippen molar-refractivity contribution in [3.05, 3.63) is 69.6 Å². The van der Waals surface area contributed by atoms with Gasteiger partial charge >= 0.3 is 5.97 Å². The van der Waals surface area contributed by atoms with Crippen LogP contribution in [-0.2, 0) is 9.59 Å². The van der Waals surface area contributed by atoms with E-state index >= 15 is 0 Å². The Balaban J connectivity index is 1.63. The number of rotatable bonds is 6. The average Bonchev–Trinajstić information content (AvgIpc) is 2.95. The number of nitrogens with one attached hydrogen (secondary N) is 1. The van der Waals surface area contributed by atoms with Gasteiger partial charge in [-0.1, -0.05) is 59.8 Å². The smallest absolute Gasteiger partial charge is 0.337 e. The van der Waals surface area contributed by atoms with Gasteiger partial charge in [0.05, 0.1) is 16.2 Å². The first-order chi connectivity index (χ1) is 13.8. The van der Waals surface area contributed by atoms with Crippen LogP contribution >= 0.6 is 35.6 Å². The zero-order chi connectivity index (χ0) is 21.0. The second kappa shape index (κ2) is 9.21. The monoisotopic (exact) mass is 446 g/mol. The largest absolute Gasteiger partial charge is 0.478 e. The van der Waals surface area contributed by atoms with Gasteiger partial charge in [-0.3, -0.25) is 14.5 Å². The molecule has 0 aliphatic carbocycles. The summed E-state index contributed by atoms with van der Waals surface area (Å²) < 4.78 is 0.369. The molecule has 1 aliphatic rings. The van der Waals surface area contributed by atoms with Gasteiger partial charge < -0.3 is 10.4 Å². The Morgan fingerprint density at radius 3 is 2.55 bits per heavy atom. The normalized spacial score (nSPS) is 15.1. The lowest BCUT2D eigenvalue weighted by Crippen LogP contribution is -2.31. The summed E-state index contributed by atoms with van der Waals surface area (Å²) >= 11 is 12.3. The highest BCUT2D eigenvalue weighted by atomic mass is 35.5. The van der Waals surface area contributed by atoms with E-state index in [-0.39, 0.29) is 30.1 Å². The van der Waals surface area contributed by atoms with Crippen LogP contribution in [0.15, 0.2) is 53.4 Å². The SMILES string of the molecule is O=C(CCN1C(=O)C(=Cc2ccc(Cl)cc2)SC1=S)Nc1ccccc1C(=O)O. The minimum absolute atomic E-state index is 0.00245. The van der Waals surface area contributed by atoms with E-state index in [0.717, 1.165) is 5.56 Å². The lowest BCUT2D eigenvalue weighted by Gasteiger charge is -2.14. The number of para-hydroxylation sites is 1. The van der Waals surface area contributed by atoms with Gasteiger partial charge in [0.1, 0.15) is 4.32 Å². The molecule has 2 aromatic rings. The van der Waals surface area contributed by atoms with Crippen LogP contribution in [0.3, 0.4) is 0 Å². The minimum atomic E-state index is -1.13. The molecule has 29 heavy (non-hydrogen) atoms. The molecule has 1 heterocycles. The number of amides is 2. The van der Waals surface area contributed by atoms with Gasteiger partial charge in [-0.15, -0.1) is 0 Å². The van der Waals surface area contributed by atoms with E-state index in [1.54, 1.807) is 42.5 Å². The highest BCUT2D eigenvalue weighted by Crippen LogP contribution is 2.32. The van der Waals surface area contributed by atoms with Crippen LogP contribution in [0.25, 0.3) is 6.08 Å². The molecule has 0 unspecified atom stereocenters. The second-order valence-corrected chi connectivity index (χ2v) is 8.15. The van der Waals surface area contributed by atoms with E-state index < -0.39 is 11.9 Å². The van der Waals surface area contributed by atoms with Gasteiger partial charge in [0.2, 0.25) is 5.91 Å². The molecule has 0 saturated carbocycles. The summed E-state index contributed by atoms with van der Waals surface area (Å²) in [6.45, 7) is 0.101. The van der Waals surface area contributed by atoms with Crippen molar-refractivity contribution in [3.63, 3.8) is 0 Å². The Kier molecular flexibility index (Phi) is 6.68. The highest BCUT2D eigenvalue weighted by Gasteiger charge is 2.32. The molecule has 148 valence electrons. The molecule has 6 nitrogen and oxygen atoms in total. The number of carbonyl (C=O) groups excluding carboxylic acids is 2. The molecule has 0 spiro atoms. The van der Waals surface area contributed by atoms with Crippen molar-refractivity contribution in [2.24, 2.45) is 0 Å². The predicted molar refractivity (Wildman–Crippen MR) is 118 cm³/mol. The molecule has 0 bridgehead atoms. The molecular formula is C20H15ClN2O4S2. The van der Waals surface area contributed by atoms with Crippen LogP contribution in [-0.4, -0.2) is 38.7 Å². The maximum Gasteiger partial charge on any atom is 0.337 e. The summed E-state index contributed by atoms with van der Waals surface area (Å²) in [6.07, 6.45) is 1.70. The average molecular weight is 447 g/mol. The van der Waals surface area contributed by atoms with E-state index in [0.29, 0.717) is 14.2 Å².